The standard InChI is InChI=1S/C29H37F4N5O2S/c1-18(19-14-21(29(31,32)33)16-23(15-19)41-27(2,3)4)40-26-28(5,20-8-10-22(30)11-9-20)38(12-13-39-26)25-24(17-37(6)7)34-36-35-25/h8-11,14-16,18,26H,12-13,17H2,1-7H3,(H,34,35,36)/t18-,26-,28+/m1/s1. The van der Waals surface area contributed by atoms with Gasteiger partial charge in [0.2, 0.25) is 0 Å². The number of nitrogens with one attached hydrogen (secondary N) is 1. The largest absolute Gasteiger partial charge is 0.416 e. The van der Waals surface area contributed by atoms with E-state index >= 15 is 0 Å². The molecule has 0 amide bonds. The molecule has 12 heteroatoms. The third kappa shape index (κ3) is 7.22. The maximum absolute atomic E-state index is 14.0. The molecule has 1 N–H and O–H groups in total. The van der Waals surface area contributed by atoms with Crippen LogP contribution in [0.5, 0.6) is 0 Å². The Morgan fingerprint density at radius 2 is 1.83 bits per heavy atom. The Kier molecular flexibility index (Phi) is 9.08. The van der Waals surface area contributed by atoms with Gasteiger partial charge >= 0.3 is 6.18 Å². The summed E-state index contributed by atoms with van der Waals surface area (Å²) in [7, 11) is 3.84. The Bertz CT molecular complexity index is 1330. The lowest BCUT2D eigenvalue weighted by atomic mass is 9.87. The molecule has 3 atom stereocenters. The van der Waals surface area contributed by atoms with E-state index in [9.17, 15) is 17.6 Å². The smallest absolute Gasteiger partial charge is 0.348 e. The molecule has 0 bridgehead atoms. The molecule has 4 rings (SSSR count). The number of aromatic amines is 1. The molecule has 0 aliphatic carbocycles. The summed E-state index contributed by atoms with van der Waals surface area (Å²) in [4.78, 5) is 4.48. The molecule has 1 saturated heterocycles. The minimum atomic E-state index is -4.51. The van der Waals surface area contributed by atoms with Gasteiger partial charge in [-0.25, -0.2) is 4.39 Å². The lowest BCUT2D eigenvalue weighted by molar-refractivity contribution is -0.216. The molecule has 1 aliphatic rings. The van der Waals surface area contributed by atoms with Crippen LogP contribution in [-0.2, 0) is 27.7 Å². The van der Waals surface area contributed by atoms with E-state index < -0.39 is 35.5 Å². The van der Waals surface area contributed by atoms with Gasteiger partial charge in [-0.1, -0.05) is 32.9 Å². The predicted octanol–water partition coefficient (Wildman–Crippen LogP) is 6.77. The van der Waals surface area contributed by atoms with E-state index in [1.807, 2.05) is 51.6 Å². The molecule has 2 aromatic carbocycles. The fourth-order valence-corrected chi connectivity index (χ4v) is 6.00. The number of H-pyrrole nitrogens is 1. The lowest BCUT2D eigenvalue weighted by Gasteiger charge is -2.50. The third-order valence-electron chi connectivity index (χ3n) is 6.83. The van der Waals surface area contributed by atoms with Gasteiger partial charge in [0.05, 0.1) is 18.3 Å². The zero-order valence-corrected chi connectivity index (χ0v) is 25.2. The molecule has 2 heterocycles. The summed E-state index contributed by atoms with van der Waals surface area (Å²) in [5, 5.41) is 11.5. The minimum Gasteiger partial charge on any atom is -0.348 e. The molecule has 7 nitrogen and oxygen atoms in total. The quantitative estimate of drug-likeness (QED) is 0.228. The Morgan fingerprint density at radius 3 is 2.44 bits per heavy atom. The van der Waals surface area contributed by atoms with E-state index in [1.54, 1.807) is 25.1 Å². The topological polar surface area (TPSA) is 66.5 Å². The second-order valence-electron chi connectivity index (χ2n) is 11.6. The molecular formula is C29H37F4N5O2S. The maximum atomic E-state index is 14.0. The van der Waals surface area contributed by atoms with Crippen molar-refractivity contribution in [2.24, 2.45) is 0 Å². The van der Waals surface area contributed by atoms with Crippen LogP contribution >= 0.6 is 11.8 Å². The molecule has 0 saturated carbocycles. The number of rotatable bonds is 8. The van der Waals surface area contributed by atoms with Gasteiger partial charge < -0.3 is 19.3 Å². The second kappa shape index (κ2) is 11.9. The summed E-state index contributed by atoms with van der Waals surface area (Å²) in [5.74, 6) is 0.201. The SMILES string of the molecule is C[C@@H](O[C@H]1OCCN(c2n[nH]nc2CN(C)C)[C@@]1(C)c1ccc(F)cc1)c1cc(SC(C)(C)C)cc(C(F)(F)F)c1. The molecule has 1 aromatic heterocycles. The number of thioether (sulfide) groups is 1. The molecule has 41 heavy (non-hydrogen) atoms. The van der Waals surface area contributed by atoms with E-state index in [2.05, 4.69) is 15.4 Å². The Labute approximate surface area is 242 Å². The summed E-state index contributed by atoms with van der Waals surface area (Å²) in [6, 6.07) is 10.1. The molecule has 0 unspecified atom stereocenters. The van der Waals surface area contributed by atoms with Crippen molar-refractivity contribution in [3.8, 4) is 0 Å². The van der Waals surface area contributed by atoms with Crippen molar-refractivity contribution < 1.29 is 27.0 Å². The van der Waals surface area contributed by atoms with Crippen molar-refractivity contribution in [1.29, 1.82) is 0 Å². The lowest BCUT2D eigenvalue weighted by Crippen LogP contribution is -2.60. The van der Waals surface area contributed by atoms with Crippen molar-refractivity contribution in [2.45, 2.75) is 74.9 Å². The molecule has 224 valence electrons. The van der Waals surface area contributed by atoms with Gasteiger partial charge in [-0.2, -0.15) is 23.5 Å². The Morgan fingerprint density at radius 1 is 1.15 bits per heavy atom. The number of halogens is 4. The number of aromatic nitrogens is 3. The van der Waals surface area contributed by atoms with Crippen molar-refractivity contribution in [3.63, 3.8) is 0 Å². The van der Waals surface area contributed by atoms with Crippen molar-refractivity contribution in [2.75, 3.05) is 32.1 Å². The second-order valence-corrected chi connectivity index (χ2v) is 13.5. The van der Waals surface area contributed by atoms with Gasteiger partial charge in [0.15, 0.2) is 12.1 Å². The van der Waals surface area contributed by atoms with Crippen LogP contribution in [0, 0.1) is 5.82 Å². The Balaban J connectivity index is 1.75. The summed E-state index contributed by atoms with van der Waals surface area (Å²) < 4.78 is 68.0. The molecule has 0 spiro atoms. The van der Waals surface area contributed by atoms with Crippen LogP contribution in [0.4, 0.5) is 23.4 Å². The normalized spacial score (nSPS) is 21.0. The number of ether oxygens (including phenoxy) is 2. The average molecular weight is 596 g/mol. The predicted molar refractivity (Wildman–Crippen MR) is 151 cm³/mol. The number of hydrogen-bond acceptors (Lipinski definition) is 7. The molecular weight excluding hydrogens is 558 g/mol. The summed E-state index contributed by atoms with van der Waals surface area (Å²) >= 11 is 1.36. The number of morpholine rings is 1. The maximum Gasteiger partial charge on any atom is 0.416 e. The fraction of sp³-hybridized carbons (Fsp3) is 0.517. The first-order valence-corrected chi connectivity index (χ1v) is 14.2. The monoisotopic (exact) mass is 595 g/mol. The van der Waals surface area contributed by atoms with Crippen LogP contribution in [0.25, 0.3) is 0 Å². The van der Waals surface area contributed by atoms with Crippen LogP contribution in [-0.4, -0.2) is 58.6 Å². The average Bonchev–Trinajstić information content (AvgIpc) is 3.30. The van der Waals surface area contributed by atoms with Gasteiger partial charge in [0.1, 0.15) is 17.1 Å². The zero-order chi connectivity index (χ0) is 30.2. The van der Waals surface area contributed by atoms with E-state index in [-0.39, 0.29) is 11.4 Å². The van der Waals surface area contributed by atoms with E-state index in [1.165, 1.54) is 30.0 Å². The van der Waals surface area contributed by atoms with Gasteiger partial charge in [0.25, 0.3) is 0 Å². The van der Waals surface area contributed by atoms with Gasteiger partial charge in [-0.05, 0) is 69.4 Å². The van der Waals surface area contributed by atoms with Crippen LogP contribution in [0.1, 0.15) is 63.1 Å². The van der Waals surface area contributed by atoms with Crippen LogP contribution < -0.4 is 4.90 Å². The fourth-order valence-electron chi connectivity index (χ4n) is 4.92. The number of alkyl halides is 3. The number of anilines is 1. The first-order chi connectivity index (χ1) is 19.1. The number of nitrogens with zero attached hydrogens (tertiary/aromatic N) is 4. The van der Waals surface area contributed by atoms with Crippen LogP contribution in [0.15, 0.2) is 47.4 Å². The molecule has 0 radical (unpaired) electrons. The minimum absolute atomic E-state index is 0.274. The van der Waals surface area contributed by atoms with Crippen LogP contribution in [0.2, 0.25) is 0 Å². The highest BCUT2D eigenvalue weighted by molar-refractivity contribution is 8.00. The molecule has 3 aromatic rings. The highest BCUT2D eigenvalue weighted by Crippen LogP contribution is 2.43. The Hall–Kier alpha value is -2.67. The number of hydrogen-bond donors (Lipinski definition) is 1. The van der Waals surface area contributed by atoms with E-state index in [0.717, 1.165) is 6.07 Å². The van der Waals surface area contributed by atoms with Gasteiger partial charge in [-0.15, -0.1) is 16.9 Å². The van der Waals surface area contributed by atoms with E-state index in [4.69, 9.17) is 9.47 Å². The van der Waals surface area contributed by atoms with Crippen molar-refractivity contribution in [1.82, 2.24) is 20.3 Å². The molecule has 1 aliphatic heterocycles. The van der Waals surface area contributed by atoms with Crippen molar-refractivity contribution in [3.05, 3.63) is 70.7 Å². The van der Waals surface area contributed by atoms with Gasteiger partial charge in [0, 0.05) is 22.7 Å². The summed E-state index contributed by atoms with van der Waals surface area (Å²) in [5.41, 5.74) is 0.0217. The highest BCUT2D eigenvalue weighted by Gasteiger charge is 2.48. The highest BCUT2D eigenvalue weighted by atomic mass is 32.2. The molecule has 1 fully saturated rings. The number of benzene rings is 2. The van der Waals surface area contributed by atoms with Crippen molar-refractivity contribution >= 4 is 17.6 Å². The van der Waals surface area contributed by atoms with Gasteiger partial charge in [-0.3, -0.25) is 0 Å². The van der Waals surface area contributed by atoms with Crippen LogP contribution in [0.3, 0.4) is 0 Å². The first-order valence-electron chi connectivity index (χ1n) is 13.3. The third-order valence-corrected chi connectivity index (χ3v) is 7.91. The van der Waals surface area contributed by atoms with E-state index in [0.29, 0.717) is 40.6 Å². The summed E-state index contributed by atoms with van der Waals surface area (Å²) in [6.07, 6.45) is -6.21. The zero-order valence-electron chi connectivity index (χ0n) is 24.3. The first kappa shape index (κ1) is 31.3. The summed E-state index contributed by atoms with van der Waals surface area (Å²) in [6.45, 7) is 10.7.